The normalized spacial score (nSPS) is 12.2. The Morgan fingerprint density at radius 1 is 1.50 bits per heavy atom. The monoisotopic (exact) mass is 308 g/mol. The zero-order chi connectivity index (χ0) is 13.1. The highest BCUT2D eigenvalue weighted by Gasteiger charge is 2.15. The van der Waals surface area contributed by atoms with Crippen molar-refractivity contribution in [1.82, 2.24) is 20.5 Å². The molecule has 18 heavy (non-hydrogen) atoms. The number of aromatic nitrogens is 3. The topological polar surface area (TPSA) is 70.7 Å². The molecule has 0 saturated carbocycles. The fourth-order valence-corrected chi connectivity index (χ4v) is 1.98. The van der Waals surface area contributed by atoms with Crippen molar-refractivity contribution < 1.29 is 4.79 Å². The maximum absolute atomic E-state index is 11.9. The number of H-pyrrole nitrogens is 1. The number of hydrogen-bond donors (Lipinski definition) is 2. The summed E-state index contributed by atoms with van der Waals surface area (Å²) in [6.45, 7) is 3.67. The molecule has 1 heterocycles. The van der Waals surface area contributed by atoms with E-state index in [1.807, 2.05) is 31.2 Å². The van der Waals surface area contributed by atoms with Gasteiger partial charge in [0.05, 0.1) is 6.04 Å². The lowest BCUT2D eigenvalue weighted by atomic mass is 10.1. The highest BCUT2D eigenvalue weighted by atomic mass is 79.9. The van der Waals surface area contributed by atoms with Crippen LogP contribution in [0, 0.1) is 6.92 Å². The Balaban J connectivity index is 2.07. The number of nitrogens with one attached hydrogen (secondary N) is 2. The van der Waals surface area contributed by atoms with E-state index in [9.17, 15) is 4.79 Å². The number of hydrogen-bond acceptors (Lipinski definition) is 3. The summed E-state index contributed by atoms with van der Waals surface area (Å²) in [5.74, 6) is 0.497. The third kappa shape index (κ3) is 2.95. The van der Waals surface area contributed by atoms with Crippen molar-refractivity contribution in [3.63, 3.8) is 0 Å². The molecule has 2 aromatic rings. The smallest absolute Gasteiger partial charge is 0.291 e. The van der Waals surface area contributed by atoms with E-state index < -0.39 is 0 Å². The highest BCUT2D eigenvalue weighted by molar-refractivity contribution is 9.10. The maximum atomic E-state index is 11.9. The fraction of sp³-hybridized carbons (Fsp3) is 0.250. The zero-order valence-corrected chi connectivity index (χ0v) is 11.7. The van der Waals surface area contributed by atoms with Crippen molar-refractivity contribution in [1.29, 1.82) is 0 Å². The second kappa shape index (κ2) is 5.30. The van der Waals surface area contributed by atoms with Crippen LogP contribution < -0.4 is 5.32 Å². The molecule has 6 heteroatoms. The predicted octanol–water partition coefficient (Wildman–Crippen LogP) is 2.37. The molecule has 0 fully saturated rings. The molecule has 0 saturated heterocycles. The lowest BCUT2D eigenvalue weighted by Gasteiger charge is -2.13. The Bertz CT molecular complexity index is 567. The average molecular weight is 309 g/mol. The quantitative estimate of drug-likeness (QED) is 0.914. The Hall–Kier alpha value is -1.69. The number of rotatable bonds is 3. The van der Waals surface area contributed by atoms with Crippen LogP contribution in [0.4, 0.5) is 0 Å². The molecule has 0 bridgehead atoms. The summed E-state index contributed by atoms with van der Waals surface area (Å²) in [6, 6.07) is 7.69. The minimum Gasteiger partial charge on any atom is -0.343 e. The van der Waals surface area contributed by atoms with Gasteiger partial charge in [0.1, 0.15) is 5.82 Å². The third-order valence-electron chi connectivity index (χ3n) is 2.50. The van der Waals surface area contributed by atoms with Crippen molar-refractivity contribution in [3.05, 3.63) is 46.0 Å². The summed E-state index contributed by atoms with van der Waals surface area (Å²) >= 11 is 3.40. The van der Waals surface area contributed by atoms with Gasteiger partial charge in [-0.2, -0.15) is 0 Å². The summed E-state index contributed by atoms with van der Waals surface area (Å²) in [5.41, 5.74) is 1.02. The third-order valence-corrected chi connectivity index (χ3v) is 2.99. The largest absolute Gasteiger partial charge is 0.343 e. The summed E-state index contributed by atoms with van der Waals surface area (Å²) < 4.78 is 0.981. The SMILES string of the molecule is Cc1nc(C(=O)NC(C)c2cccc(Br)c2)n[nH]1. The van der Waals surface area contributed by atoms with Gasteiger partial charge in [0.25, 0.3) is 5.91 Å². The van der Waals surface area contributed by atoms with Crippen LogP contribution in [-0.4, -0.2) is 21.1 Å². The Kier molecular flexibility index (Phi) is 3.76. The van der Waals surface area contributed by atoms with E-state index in [4.69, 9.17) is 0 Å². The number of halogens is 1. The molecule has 1 unspecified atom stereocenters. The van der Waals surface area contributed by atoms with Crippen molar-refractivity contribution >= 4 is 21.8 Å². The van der Waals surface area contributed by atoms with Gasteiger partial charge >= 0.3 is 0 Å². The first kappa shape index (κ1) is 12.8. The lowest BCUT2D eigenvalue weighted by Crippen LogP contribution is -2.27. The van der Waals surface area contributed by atoms with Gasteiger partial charge in [-0.15, -0.1) is 5.10 Å². The standard InChI is InChI=1S/C12H13BrN4O/c1-7(9-4-3-5-10(13)6-9)14-12(18)11-15-8(2)16-17-11/h3-7H,1-2H3,(H,14,18)(H,15,16,17). The van der Waals surface area contributed by atoms with Gasteiger partial charge in [0, 0.05) is 4.47 Å². The zero-order valence-electron chi connectivity index (χ0n) is 10.1. The van der Waals surface area contributed by atoms with Crippen LogP contribution in [0.5, 0.6) is 0 Å². The first-order valence-electron chi connectivity index (χ1n) is 5.51. The molecule has 0 radical (unpaired) electrons. The first-order valence-corrected chi connectivity index (χ1v) is 6.31. The van der Waals surface area contributed by atoms with Crippen LogP contribution in [0.1, 0.15) is 35.0 Å². The Morgan fingerprint density at radius 2 is 2.28 bits per heavy atom. The van der Waals surface area contributed by atoms with E-state index >= 15 is 0 Å². The molecule has 1 atom stereocenters. The molecule has 0 aliphatic rings. The van der Waals surface area contributed by atoms with Crippen molar-refractivity contribution in [2.75, 3.05) is 0 Å². The minimum absolute atomic E-state index is 0.103. The molecule has 1 aromatic carbocycles. The van der Waals surface area contributed by atoms with Crippen molar-refractivity contribution in [2.24, 2.45) is 0 Å². The molecule has 1 aromatic heterocycles. The minimum atomic E-state index is -0.285. The summed E-state index contributed by atoms with van der Waals surface area (Å²) in [7, 11) is 0. The number of aryl methyl sites for hydroxylation is 1. The van der Waals surface area contributed by atoms with E-state index in [0.29, 0.717) is 5.82 Å². The molecule has 0 aliphatic carbocycles. The van der Waals surface area contributed by atoms with Gasteiger partial charge in [-0.1, -0.05) is 28.1 Å². The number of aromatic amines is 1. The van der Waals surface area contributed by atoms with E-state index in [1.165, 1.54) is 0 Å². The molecular weight excluding hydrogens is 296 g/mol. The molecular formula is C12H13BrN4O. The second-order valence-electron chi connectivity index (χ2n) is 3.99. The van der Waals surface area contributed by atoms with E-state index in [2.05, 4.69) is 36.4 Å². The molecule has 2 N–H and O–H groups in total. The van der Waals surface area contributed by atoms with Crippen molar-refractivity contribution in [2.45, 2.75) is 19.9 Å². The highest BCUT2D eigenvalue weighted by Crippen LogP contribution is 2.17. The molecule has 0 aliphatic heterocycles. The van der Waals surface area contributed by atoms with Gasteiger partial charge in [0.15, 0.2) is 0 Å². The Labute approximate surface area is 113 Å². The summed E-state index contributed by atoms with van der Waals surface area (Å²) in [4.78, 5) is 15.8. The summed E-state index contributed by atoms with van der Waals surface area (Å²) in [5, 5.41) is 9.31. The molecule has 2 rings (SSSR count). The van der Waals surface area contributed by atoms with Crippen LogP contribution >= 0.6 is 15.9 Å². The van der Waals surface area contributed by atoms with Crippen LogP contribution in [0.3, 0.4) is 0 Å². The number of amides is 1. The van der Waals surface area contributed by atoms with Gasteiger partial charge in [-0.05, 0) is 31.5 Å². The van der Waals surface area contributed by atoms with E-state index in [-0.39, 0.29) is 17.8 Å². The molecule has 0 spiro atoms. The second-order valence-corrected chi connectivity index (χ2v) is 4.91. The average Bonchev–Trinajstić information content (AvgIpc) is 2.76. The number of carbonyl (C=O) groups is 1. The van der Waals surface area contributed by atoms with Crippen LogP contribution in [0.15, 0.2) is 28.7 Å². The van der Waals surface area contributed by atoms with Crippen molar-refractivity contribution in [3.8, 4) is 0 Å². The van der Waals surface area contributed by atoms with Crippen LogP contribution in [0.25, 0.3) is 0 Å². The first-order chi connectivity index (χ1) is 8.56. The molecule has 1 amide bonds. The lowest BCUT2D eigenvalue weighted by molar-refractivity contribution is 0.0929. The fourth-order valence-electron chi connectivity index (χ4n) is 1.56. The number of nitrogens with zero attached hydrogens (tertiary/aromatic N) is 2. The van der Waals surface area contributed by atoms with Gasteiger partial charge in [-0.3, -0.25) is 9.89 Å². The van der Waals surface area contributed by atoms with Gasteiger partial charge < -0.3 is 5.32 Å². The predicted molar refractivity (Wildman–Crippen MR) is 71.1 cm³/mol. The molecule has 94 valence electrons. The maximum Gasteiger partial charge on any atom is 0.291 e. The Morgan fingerprint density at radius 3 is 2.89 bits per heavy atom. The van der Waals surface area contributed by atoms with E-state index in [0.717, 1.165) is 10.0 Å². The van der Waals surface area contributed by atoms with Crippen LogP contribution in [0.2, 0.25) is 0 Å². The van der Waals surface area contributed by atoms with Gasteiger partial charge in [0.2, 0.25) is 5.82 Å². The summed E-state index contributed by atoms with van der Waals surface area (Å²) in [6.07, 6.45) is 0. The van der Waals surface area contributed by atoms with Gasteiger partial charge in [-0.25, -0.2) is 4.98 Å². The van der Waals surface area contributed by atoms with E-state index in [1.54, 1.807) is 6.92 Å². The van der Waals surface area contributed by atoms with Crippen LogP contribution in [-0.2, 0) is 0 Å². The molecule has 5 nitrogen and oxygen atoms in total. The number of benzene rings is 1. The number of carbonyl (C=O) groups excluding carboxylic acids is 1.